The van der Waals surface area contributed by atoms with Crippen molar-refractivity contribution in [1.29, 1.82) is 0 Å². The molecule has 2 heterocycles. The number of benzene rings is 1. The summed E-state index contributed by atoms with van der Waals surface area (Å²) in [6.45, 7) is 5.11. The standard InChI is InChI=1S/C21H33N3O2/c1-2-16-8-3-4-10-18(16)19(22)14-23-21(25)24-12-7-9-17(15-24)20-11-5-6-13-26-20/h3-4,8,10,17,19-20H,2,5-7,9,11-15,22H2,1H3,(H,23,25). The van der Waals surface area contributed by atoms with Gasteiger partial charge in [-0.3, -0.25) is 0 Å². The summed E-state index contributed by atoms with van der Waals surface area (Å²) in [5.41, 5.74) is 8.72. The number of aryl methyl sites for hydroxylation is 1. The first-order valence-electron chi connectivity index (χ1n) is 10.2. The van der Waals surface area contributed by atoms with Gasteiger partial charge in [0.15, 0.2) is 0 Å². The summed E-state index contributed by atoms with van der Waals surface area (Å²) in [6, 6.07) is 8.06. The largest absolute Gasteiger partial charge is 0.378 e. The minimum Gasteiger partial charge on any atom is -0.378 e. The number of hydrogen-bond donors (Lipinski definition) is 2. The highest BCUT2D eigenvalue weighted by Crippen LogP contribution is 2.27. The van der Waals surface area contributed by atoms with E-state index in [2.05, 4.69) is 24.4 Å². The molecule has 5 heteroatoms. The van der Waals surface area contributed by atoms with Crippen LogP contribution >= 0.6 is 0 Å². The third-order valence-corrected chi connectivity index (χ3v) is 5.79. The number of carbonyl (C=O) groups is 1. The van der Waals surface area contributed by atoms with E-state index in [9.17, 15) is 4.79 Å². The number of rotatable bonds is 5. The van der Waals surface area contributed by atoms with Gasteiger partial charge in [-0.2, -0.15) is 0 Å². The number of carbonyl (C=O) groups excluding carboxylic acids is 1. The molecule has 3 unspecified atom stereocenters. The Morgan fingerprint density at radius 1 is 1.31 bits per heavy atom. The first-order valence-corrected chi connectivity index (χ1v) is 10.2. The molecule has 0 radical (unpaired) electrons. The number of nitrogens with two attached hydrogens (primary N) is 1. The average Bonchev–Trinajstić information content (AvgIpc) is 2.72. The topological polar surface area (TPSA) is 67.6 Å². The van der Waals surface area contributed by atoms with Crippen LogP contribution in [0.25, 0.3) is 0 Å². The second kappa shape index (κ2) is 9.38. The van der Waals surface area contributed by atoms with Crippen molar-refractivity contribution in [1.82, 2.24) is 10.2 Å². The van der Waals surface area contributed by atoms with Crippen LogP contribution in [0.1, 0.15) is 56.2 Å². The predicted molar refractivity (Wildman–Crippen MR) is 104 cm³/mol. The predicted octanol–water partition coefficient (Wildman–Crippen LogP) is 3.24. The Kier molecular flexibility index (Phi) is 6.92. The molecule has 3 rings (SSSR count). The van der Waals surface area contributed by atoms with Crippen LogP contribution in [0, 0.1) is 5.92 Å². The molecule has 1 aromatic rings. The number of piperidine rings is 1. The molecule has 0 aromatic heterocycles. The Hall–Kier alpha value is -1.59. The zero-order valence-electron chi connectivity index (χ0n) is 16.0. The Morgan fingerprint density at radius 2 is 2.15 bits per heavy atom. The molecule has 1 aromatic carbocycles. The highest BCUT2D eigenvalue weighted by molar-refractivity contribution is 5.74. The molecule has 144 valence electrons. The van der Waals surface area contributed by atoms with Gasteiger partial charge >= 0.3 is 6.03 Å². The van der Waals surface area contributed by atoms with Crippen molar-refractivity contribution < 1.29 is 9.53 Å². The lowest BCUT2D eigenvalue weighted by molar-refractivity contribution is -0.0365. The molecular weight excluding hydrogens is 326 g/mol. The van der Waals surface area contributed by atoms with E-state index in [1.807, 2.05) is 17.0 Å². The maximum absolute atomic E-state index is 12.6. The smallest absolute Gasteiger partial charge is 0.317 e. The molecule has 2 amide bonds. The van der Waals surface area contributed by atoms with Crippen molar-refractivity contribution >= 4 is 6.03 Å². The van der Waals surface area contributed by atoms with E-state index in [0.717, 1.165) is 50.9 Å². The van der Waals surface area contributed by atoms with Gasteiger partial charge in [-0.25, -0.2) is 4.79 Å². The third-order valence-electron chi connectivity index (χ3n) is 5.79. The summed E-state index contributed by atoms with van der Waals surface area (Å²) in [5.74, 6) is 0.476. The van der Waals surface area contributed by atoms with Gasteiger partial charge in [0.25, 0.3) is 0 Å². The third kappa shape index (κ3) is 4.77. The lowest BCUT2D eigenvalue weighted by atomic mass is 9.88. The molecule has 0 aliphatic carbocycles. The van der Waals surface area contributed by atoms with E-state index in [4.69, 9.17) is 10.5 Å². The highest BCUT2D eigenvalue weighted by Gasteiger charge is 2.31. The van der Waals surface area contributed by atoms with Crippen LogP contribution in [-0.2, 0) is 11.2 Å². The van der Waals surface area contributed by atoms with Crippen molar-refractivity contribution in [3.63, 3.8) is 0 Å². The summed E-state index contributed by atoms with van der Waals surface area (Å²) in [7, 11) is 0. The molecule has 5 nitrogen and oxygen atoms in total. The lowest BCUT2D eigenvalue weighted by Crippen LogP contribution is -2.49. The van der Waals surface area contributed by atoms with Crippen LogP contribution < -0.4 is 11.1 Å². The minimum absolute atomic E-state index is 0.00920. The average molecular weight is 360 g/mol. The van der Waals surface area contributed by atoms with Crippen LogP contribution in [0.4, 0.5) is 4.79 Å². The fraction of sp³-hybridized carbons (Fsp3) is 0.667. The van der Waals surface area contributed by atoms with Crippen molar-refractivity contribution in [2.45, 2.75) is 57.6 Å². The maximum Gasteiger partial charge on any atom is 0.317 e. The van der Waals surface area contributed by atoms with Crippen LogP contribution in [0.2, 0.25) is 0 Å². The summed E-state index contributed by atoms with van der Waals surface area (Å²) in [5, 5.41) is 3.05. The van der Waals surface area contributed by atoms with Crippen LogP contribution in [-0.4, -0.2) is 43.3 Å². The molecule has 2 aliphatic heterocycles. The Bertz CT molecular complexity index is 586. The normalized spacial score (nSPS) is 24.9. The molecule has 0 bridgehead atoms. The van der Waals surface area contributed by atoms with Gasteiger partial charge in [0.1, 0.15) is 0 Å². The van der Waals surface area contributed by atoms with Gasteiger partial charge in [0.2, 0.25) is 0 Å². The van der Waals surface area contributed by atoms with Gasteiger partial charge in [0, 0.05) is 38.2 Å². The van der Waals surface area contributed by atoms with E-state index in [1.54, 1.807) is 0 Å². The number of nitrogens with zero attached hydrogens (tertiary/aromatic N) is 1. The number of amides is 2. The molecule has 2 fully saturated rings. The van der Waals surface area contributed by atoms with E-state index in [1.165, 1.54) is 18.4 Å². The summed E-state index contributed by atoms with van der Waals surface area (Å²) < 4.78 is 5.95. The summed E-state index contributed by atoms with van der Waals surface area (Å²) >= 11 is 0. The molecule has 2 saturated heterocycles. The number of ether oxygens (including phenoxy) is 1. The number of hydrogen-bond acceptors (Lipinski definition) is 3. The van der Waals surface area contributed by atoms with Crippen molar-refractivity contribution in [2.24, 2.45) is 11.7 Å². The molecule has 3 N–H and O–H groups in total. The van der Waals surface area contributed by atoms with Crippen LogP contribution in [0.5, 0.6) is 0 Å². The van der Waals surface area contributed by atoms with Crippen LogP contribution in [0.3, 0.4) is 0 Å². The van der Waals surface area contributed by atoms with Crippen molar-refractivity contribution in [3.8, 4) is 0 Å². The second-order valence-electron chi connectivity index (χ2n) is 7.60. The second-order valence-corrected chi connectivity index (χ2v) is 7.60. The lowest BCUT2D eigenvalue weighted by Gasteiger charge is -2.38. The summed E-state index contributed by atoms with van der Waals surface area (Å²) in [4.78, 5) is 14.6. The van der Waals surface area contributed by atoms with Crippen LogP contribution in [0.15, 0.2) is 24.3 Å². The monoisotopic (exact) mass is 359 g/mol. The molecule has 3 atom stereocenters. The van der Waals surface area contributed by atoms with Crippen molar-refractivity contribution in [2.75, 3.05) is 26.2 Å². The van der Waals surface area contributed by atoms with Gasteiger partial charge in [0.05, 0.1) is 6.10 Å². The molecule has 0 saturated carbocycles. The van der Waals surface area contributed by atoms with Gasteiger partial charge < -0.3 is 20.7 Å². The number of likely N-dealkylation sites (tertiary alicyclic amines) is 1. The van der Waals surface area contributed by atoms with Gasteiger partial charge in [-0.1, -0.05) is 31.2 Å². The fourth-order valence-corrected chi connectivity index (χ4v) is 4.27. The van der Waals surface area contributed by atoms with E-state index >= 15 is 0 Å². The van der Waals surface area contributed by atoms with Crippen molar-refractivity contribution in [3.05, 3.63) is 35.4 Å². The van der Waals surface area contributed by atoms with E-state index in [0.29, 0.717) is 18.6 Å². The van der Waals surface area contributed by atoms with Gasteiger partial charge in [-0.15, -0.1) is 0 Å². The molecule has 2 aliphatic rings. The Labute approximate surface area is 157 Å². The molecular formula is C21H33N3O2. The zero-order chi connectivity index (χ0) is 18.4. The first-order chi connectivity index (χ1) is 12.7. The SMILES string of the molecule is CCc1ccccc1C(N)CNC(=O)N1CCCC(C2CCCCO2)C1. The maximum atomic E-state index is 12.6. The van der Waals surface area contributed by atoms with E-state index < -0.39 is 0 Å². The minimum atomic E-state index is -0.169. The number of urea groups is 1. The first kappa shape index (κ1) is 19.2. The Balaban J connectivity index is 1.51. The summed E-state index contributed by atoms with van der Waals surface area (Å²) in [6.07, 6.45) is 7.06. The molecule has 0 spiro atoms. The molecule has 26 heavy (non-hydrogen) atoms. The highest BCUT2D eigenvalue weighted by atomic mass is 16.5. The van der Waals surface area contributed by atoms with Gasteiger partial charge in [-0.05, 0) is 49.7 Å². The fourth-order valence-electron chi connectivity index (χ4n) is 4.27. The zero-order valence-corrected chi connectivity index (χ0v) is 16.0. The Morgan fingerprint density at radius 3 is 2.92 bits per heavy atom. The number of nitrogens with one attached hydrogen (secondary N) is 1. The van der Waals surface area contributed by atoms with E-state index in [-0.39, 0.29) is 12.1 Å². The quantitative estimate of drug-likeness (QED) is 0.848.